The molecule has 2 amide bonds. The summed E-state index contributed by atoms with van der Waals surface area (Å²) in [5, 5.41) is 3.78. The number of hydrogen-bond acceptors (Lipinski definition) is 4. The lowest BCUT2D eigenvalue weighted by Crippen LogP contribution is -2.42. The van der Waals surface area contributed by atoms with Gasteiger partial charge in [0.25, 0.3) is 11.8 Å². The maximum absolute atomic E-state index is 13.4. The van der Waals surface area contributed by atoms with Gasteiger partial charge in [-0.15, -0.1) is 0 Å². The van der Waals surface area contributed by atoms with Gasteiger partial charge in [-0.2, -0.15) is 0 Å². The molecule has 7 nitrogen and oxygen atoms in total. The van der Waals surface area contributed by atoms with Gasteiger partial charge >= 0.3 is 0 Å². The Kier molecular flexibility index (Phi) is 6.58. The van der Waals surface area contributed by atoms with E-state index >= 15 is 0 Å². The predicted octanol–water partition coefficient (Wildman–Crippen LogP) is 4.23. The van der Waals surface area contributed by atoms with Crippen LogP contribution in [0.1, 0.15) is 45.7 Å². The molecule has 3 heterocycles. The van der Waals surface area contributed by atoms with Crippen molar-refractivity contribution in [2.24, 2.45) is 7.05 Å². The van der Waals surface area contributed by atoms with Crippen LogP contribution in [-0.4, -0.2) is 45.9 Å². The Morgan fingerprint density at radius 1 is 1.15 bits per heavy atom. The Hall–Kier alpha value is -3.87. The molecule has 0 spiro atoms. The normalized spacial score (nSPS) is 12.9. The molecule has 3 aromatic heterocycles. The molecular formula is C26H28N4O3. The highest BCUT2D eigenvalue weighted by molar-refractivity contribution is 5.96. The van der Waals surface area contributed by atoms with Crippen molar-refractivity contribution in [1.29, 1.82) is 0 Å². The molecule has 1 N–H and O–H groups in total. The van der Waals surface area contributed by atoms with Gasteiger partial charge in [0.2, 0.25) is 5.71 Å². The molecule has 0 fully saturated rings. The lowest BCUT2D eigenvalue weighted by molar-refractivity contribution is 0.0701. The van der Waals surface area contributed by atoms with Gasteiger partial charge in [0.05, 0.1) is 11.8 Å². The summed E-state index contributed by atoms with van der Waals surface area (Å²) in [5.74, 6) is -0.179. The predicted molar refractivity (Wildman–Crippen MR) is 127 cm³/mol. The van der Waals surface area contributed by atoms with Crippen molar-refractivity contribution in [3.05, 3.63) is 90.1 Å². The number of fused-ring (bicyclic) bond motifs is 1. The Labute approximate surface area is 193 Å². The van der Waals surface area contributed by atoms with Crippen LogP contribution in [0.5, 0.6) is 0 Å². The lowest BCUT2D eigenvalue weighted by atomic mass is 9.90. The molecule has 0 aliphatic heterocycles. The van der Waals surface area contributed by atoms with Crippen molar-refractivity contribution in [3.63, 3.8) is 0 Å². The molecule has 0 radical (unpaired) electrons. The Morgan fingerprint density at radius 3 is 2.67 bits per heavy atom. The molecule has 1 aromatic carbocycles. The Bertz CT molecular complexity index is 1240. The summed E-state index contributed by atoms with van der Waals surface area (Å²) in [4.78, 5) is 31.9. The van der Waals surface area contributed by atoms with E-state index in [-0.39, 0.29) is 23.8 Å². The summed E-state index contributed by atoms with van der Waals surface area (Å²) in [7, 11) is 3.65. The molecule has 0 aliphatic carbocycles. The van der Waals surface area contributed by atoms with Crippen molar-refractivity contribution >= 4 is 22.9 Å². The molecular weight excluding hydrogens is 416 g/mol. The number of furan rings is 1. The van der Waals surface area contributed by atoms with E-state index in [1.54, 1.807) is 40.1 Å². The lowest BCUT2D eigenvalue weighted by Gasteiger charge is -2.33. The van der Waals surface area contributed by atoms with E-state index in [1.165, 1.54) is 0 Å². The third kappa shape index (κ3) is 4.82. The molecule has 0 saturated heterocycles. The standard InChI is InChI=1S/C26H28N4O3/c1-18(19-8-5-4-6-9-19)22(11-13-27-24(31)23-10-7-14-29(23)2)30(3)26(32)21-16-20-12-15-33-25(20)28-17-21/h4-10,12,14-18,22H,11,13H2,1-3H3,(H,27,31). The Balaban J connectivity index is 1.52. The van der Waals surface area contributed by atoms with Crippen LogP contribution in [0, 0.1) is 0 Å². The fourth-order valence-corrected chi connectivity index (χ4v) is 4.21. The second-order valence-electron chi connectivity index (χ2n) is 8.27. The molecule has 4 aromatic rings. The molecule has 2 atom stereocenters. The summed E-state index contributed by atoms with van der Waals surface area (Å²) in [6, 6.07) is 17.2. The van der Waals surface area contributed by atoms with Crippen LogP contribution in [0.4, 0.5) is 0 Å². The smallest absolute Gasteiger partial charge is 0.267 e. The summed E-state index contributed by atoms with van der Waals surface area (Å²) < 4.78 is 7.08. The maximum atomic E-state index is 13.4. The summed E-state index contributed by atoms with van der Waals surface area (Å²) in [6.45, 7) is 2.56. The van der Waals surface area contributed by atoms with Crippen LogP contribution < -0.4 is 5.32 Å². The first-order chi connectivity index (χ1) is 16.0. The van der Waals surface area contributed by atoms with Crippen molar-refractivity contribution in [2.75, 3.05) is 13.6 Å². The van der Waals surface area contributed by atoms with Crippen molar-refractivity contribution in [2.45, 2.75) is 25.3 Å². The number of carbonyl (C=O) groups excluding carboxylic acids is 2. The van der Waals surface area contributed by atoms with Crippen LogP contribution in [0.15, 0.2) is 77.7 Å². The van der Waals surface area contributed by atoms with Gasteiger partial charge in [0.1, 0.15) is 5.69 Å². The zero-order chi connectivity index (χ0) is 23.4. The number of carbonyl (C=O) groups is 2. The van der Waals surface area contributed by atoms with Crippen molar-refractivity contribution < 1.29 is 14.0 Å². The molecule has 7 heteroatoms. The van der Waals surface area contributed by atoms with Crippen molar-refractivity contribution in [3.8, 4) is 0 Å². The van der Waals surface area contributed by atoms with Crippen LogP contribution >= 0.6 is 0 Å². The molecule has 2 unspecified atom stereocenters. The van der Waals surface area contributed by atoms with Gasteiger partial charge in [0, 0.05) is 50.4 Å². The van der Waals surface area contributed by atoms with E-state index in [0.29, 0.717) is 29.9 Å². The fourth-order valence-electron chi connectivity index (χ4n) is 4.21. The van der Waals surface area contributed by atoms with E-state index < -0.39 is 0 Å². The number of nitrogens with one attached hydrogen (secondary N) is 1. The number of aryl methyl sites for hydroxylation is 1. The fraction of sp³-hybridized carbons (Fsp3) is 0.269. The van der Waals surface area contributed by atoms with E-state index in [9.17, 15) is 9.59 Å². The van der Waals surface area contributed by atoms with E-state index in [0.717, 1.165) is 10.9 Å². The first-order valence-electron chi connectivity index (χ1n) is 11.0. The minimum absolute atomic E-state index is 0.0673. The molecule has 170 valence electrons. The quantitative estimate of drug-likeness (QED) is 0.441. The SMILES string of the molecule is CC(c1ccccc1)C(CCNC(=O)c1cccn1C)N(C)C(=O)c1cnc2occc2c1. The van der Waals surface area contributed by atoms with Gasteiger partial charge in [-0.05, 0) is 36.2 Å². The van der Waals surface area contributed by atoms with E-state index in [2.05, 4.69) is 29.4 Å². The zero-order valence-electron chi connectivity index (χ0n) is 19.1. The highest BCUT2D eigenvalue weighted by Gasteiger charge is 2.28. The third-order valence-corrected chi connectivity index (χ3v) is 6.18. The van der Waals surface area contributed by atoms with E-state index in [1.807, 2.05) is 44.6 Å². The van der Waals surface area contributed by atoms with Gasteiger partial charge in [-0.1, -0.05) is 37.3 Å². The van der Waals surface area contributed by atoms with Gasteiger partial charge in [0.15, 0.2) is 0 Å². The molecule has 4 rings (SSSR count). The second-order valence-corrected chi connectivity index (χ2v) is 8.27. The maximum Gasteiger partial charge on any atom is 0.267 e. The third-order valence-electron chi connectivity index (χ3n) is 6.18. The number of likely N-dealkylation sites (N-methyl/N-ethyl adjacent to an activating group) is 1. The van der Waals surface area contributed by atoms with Crippen LogP contribution in [0.25, 0.3) is 11.1 Å². The van der Waals surface area contributed by atoms with Gasteiger partial charge in [-0.25, -0.2) is 4.98 Å². The molecule has 0 bridgehead atoms. The van der Waals surface area contributed by atoms with Crippen LogP contribution in [-0.2, 0) is 7.05 Å². The number of pyridine rings is 1. The summed E-state index contributed by atoms with van der Waals surface area (Å²) in [5.41, 5.74) is 2.75. The monoisotopic (exact) mass is 444 g/mol. The van der Waals surface area contributed by atoms with Gasteiger partial charge < -0.3 is 19.2 Å². The summed E-state index contributed by atoms with van der Waals surface area (Å²) in [6.07, 6.45) is 5.56. The minimum atomic E-state index is -0.131. The van der Waals surface area contributed by atoms with Crippen molar-refractivity contribution in [1.82, 2.24) is 19.8 Å². The highest BCUT2D eigenvalue weighted by atomic mass is 16.3. The molecule has 0 saturated carbocycles. The molecule has 33 heavy (non-hydrogen) atoms. The highest BCUT2D eigenvalue weighted by Crippen LogP contribution is 2.26. The van der Waals surface area contributed by atoms with Crippen LogP contribution in [0.3, 0.4) is 0 Å². The minimum Gasteiger partial charge on any atom is -0.446 e. The number of nitrogens with zero attached hydrogens (tertiary/aromatic N) is 3. The largest absolute Gasteiger partial charge is 0.446 e. The zero-order valence-corrected chi connectivity index (χ0v) is 19.1. The van der Waals surface area contributed by atoms with E-state index in [4.69, 9.17) is 4.42 Å². The second kappa shape index (κ2) is 9.73. The van der Waals surface area contributed by atoms with Crippen LogP contribution in [0.2, 0.25) is 0 Å². The summed E-state index contributed by atoms with van der Waals surface area (Å²) >= 11 is 0. The number of benzene rings is 1. The topological polar surface area (TPSA) is 80.4 Å². The number of hydrogen-bond donors (Lipinski definition) is 1. The number of rotatable bonds is 8. The first kappa shape index (κ1) is 22.3. The average molecular weight is 445 g/mol. The Morgan fingerprint density at radius 2 is 1.94 bits per heavy atom. The number of amides is 2. The average Bonchev–Trinajstić information content (AvgIpc) is 3.49. The van der Waals surface area contributed by atoms with Gasteiger partial charge in [-0.3, -0.25) is 9.59 Å². The molecule has 0 aliphatic rings. The number of aromatic nitrogens is 2. The first-order valence-corrected chi connectivity index (χ1v) is 11.0.